The number of benzene rings is 1. The summed E-state index contributed by atoms with van der Waals surface area (Å²) >= 11 is 15.7. The third-order valence-electron chi connectivity index (χ3n) is 2.99. The highest BCUT2D eigenvalue weighted by molar-refractivity contribution is 9.10. The van der Waals surface area contributed by atoms with Gasteiger partial charge in [-0.15, -0.1) is 0 Å². The number of halogens is 3. The lowest BCUT2D eigenvalue weighted by molar-refractivity contribution is 0.0817. The second kappa shape index (κ2) is 6.36. The van der Waals surface area contributed by atoms with E-state index in [-0.39, 0.29) is 0 Å². The topological polar surface area (TPSA) is 27.1 Å². The third-order valence-corrected chi connectivity index (χ3v) is 6.54. The molecule has 3 nitrogen and oxygen atoms in total. The molecule has 0 amide bonds. The van der Waals surface area contributed by atoms with Gasteiger partial charge in [0, 0.05) is 24.5 Å². The minimum atomic E-state index is -1.06. The van der Waals surface area contributed by atoms with Crippen LogP contribution in [0, 0.1) is 0 Å². The number of fused-ring (bicyclic) bond motifs is 1. The highest BCUT2D eigenvalue weighted by Gasteiger charge is 2.14. The Morgan fingerprint density at radius 3 is 2.70 bits per heavy atom. The van der Waals surface area contributed by atoms with Crippen molar-refractivity contribution in [2.75, 3.05) is 6.61 Å². The van der Waals surface area contributed by atoms with Gasteiger partial charge in [-0.25, -0.2) is 4.68 Å². The maximum Gasteiger partial charge on any atom is 0.139 e. The smallest absolute Gasteiger partial charge is 0.139 e. The second-order valence-corrected chi connectivity index (χ2v) is 13.1. The van der Waals surface area contributed by atoms with Crippen LogP contribution in [0.4, 0.5) is 0 Å². The summed E-state index contributed by atoms with van der Waals surface area (Å²) in [5.41, 5.74) is 0.916. The molecule has 2 aromatic rings. The molecule has 0 aliphatic heterocycles. The lowest BCUT2D eigenvalue weighted by atomic mass is 10.2. The molecule has 110 valence electrons. The lowest BCUT2D eigenvalue weighted by Gasteiger charge is -2.15. The molecule has 0 aliphatic carbocycles. The van der Waals surface area contributed by atoms with Crippen LogP contribution in [0.25, 0.3) is 10.9 Å². The molecule has 0 bridgehead atoms. The molecule has 0 fully saturated rings. The Labute approximate surface area is 138 Å². The molecular formula is C13H17BrCl2N2OSi. The Morgan fingerprint density at radius 2 is 2.05 bits per heavy atom. The molecule has 0 N–H and O–H groups in total. The van der Waals surface area contributed by atoms with Crippen molar-refractivity contribution in [3.8, 4) is 0 Å². The molecule has 7 heteroatoms. The van der Waals surface area contributed by atoms with Crippen molar-refractivity contribution in [1.29, 1.82) is 0 Å². The van der Waals surface area contributed by atoms with Crippen molar-refractivity contribution in [2.24, 2.45) is 0 Å². The summed E-state index contributed by atoms with van der Waals surface area (Å²) in [6.07, 6.45) is 1.77. The Balaban J connectivity index is 2.12. The number of hydrogen-bond donors (Lipinski definition) is 0. The minimum absolute atomic E-state index is 0.429. The van der Waals surface area contributed by atoms with E-state index in [0.29, 0.717) is 16.8 Å². The van der Waals surface area contributed by atoms with Crippen LogP contribution in [-0.2, 0) is 11.5 Å². The van der Waals surface area contributed by atoms with Crippen LogP contribution < -0.4 is 0 Å². The van der Waals surface area contributed by atoms with Crippen molar-refractivity contribution < 1.29 is 4.74 Å². The van der Waals surface area contributed by atoms with Gasteiger partial charge in [0.05, 0.1) is 21.8 Å². The number of ether oxygens (including phenoxy) is 1. The molecule has 0 unspecified atom stereocenters. The highest BCUT2D eigenvalue weighted by atomic mass is 79.9. The predicted molar refractivity (Wildman–Crippen MR) is 91.6 cm³/mol. The van der Waals surface area contributed by atoms with Crippen LogP contribution in [0.5, 0.6) is 0 Å². The summed E-state index contributed by atoms with van der Waals surface area (Å²) in [5, 5.41) is 6.29. The van der Waals surface area contributed by atoms with Gasteiger partial charge in [-0.1, -0.05) is 42.8 Å². The van der Waals surface area contributed by atoms with Gasteiger partial charge in [0.15, 0.2) is 0 Å². The zero-order chi connectivity index (χ0) is 14.9. The van der Waals surface area contributed by atoms with Crippen molar-refractivity contribution in [3.63, 3.8) is 0 Å². The van der Waals surface area contributed by atoms with Crippen molar-refractivity contribution in [3.05, 3.63) is 26.8 Å². The Kier molecular flexibility index (Phi) is 5.18. The molecule has 1 heterocycles. The van der Waals surface area contributed by atoms with E-state index in [1.165, 1.54) is 0 Å². The second-order valence-electron chi connectivity index (χ2n) is 5.91. The number of rotatable bonds is 5. The highest BCUT2D eigenvalue weighted by Crippen LogP contribution is 2.36. The maximum atomic E-state index is 6.10. The van der Waals surface area contributed by atoms with Crippen LogP contribution in [0.2, 0.25) is 35.7 Å². The van der Waals surface area contributed by atoms with Crippen LogP contribution in [0.1, 0.15) is 0 Å². The molecule has 20 heavy (non-hydrogen) atoms. The zero-order valence-corrected chi connectivity index (χ0v) is 15.8. The Hall–Kier alpha value is -0.0731. The Bertz CT molecular complexity index is 625. The summed E-state index contributed by atoms with van der Waals surface area (Å²) in [4.78, 5) is 0. The van der Waals surface area contributed by atoms with E-state index in [0.717, 1.165) is 28.0 Å². The van der Waals surface area contributed by atoms with Crippen molar-refractivity contribution in [1.82, 2.24) is 9.78 Å². The first kappa shape index (κ1) is 16.3. The van der Waals surface area contributed by atoms with E-state index in [4.69, 9.17) is 27.9 Å². The van der Waals surface area contributed by atoms with E-state index in [9.17, 15) is 0 Å². The van der Waals surface area contributed by atoms with E-state index in [1.807, 2.05) is 6.07 Å². The molecule has 0 atom stereocenters. The normalized spacial score (nSPS) is 12.3. The first-order valence-corrected chi connectivity index (χ1v) is 11.6. The first-order valence-electron chi connectivity index (χ1n) is 6.36. The lowest BCUT2D eigenvalue weighted by Crippen LogP contribution is -2.22. The fraction of sp³-hybridized carbons (Fsp3) is 0.462. The summed E-state index contributed by atoms with van der Waals surface area (Å²) in [6, 6.07) is 2.96. The van der Waals surface area contributed by atoms with Crippen LogP contribution in [0.15, 0.2) is 16.7 Å². The summed E-state index contributed by atoms with van der Waals surface area (Å²) in [6.45, 7) is 8.19. The van der Waals surface area contributed by atoms with Crippen molar-refractivity contribution >= 4 is 58.1 Å². The first-order chi connectivity index (χ1) is 9.29. The summed E-state index contributed by atoms with van der Waals surface area (Å²) in [7, 11) is -1.06. The fourth-order valence-electron chi connectivity index (χ4n) is 1.75. The quantitative estimate of drug-likeness (QED) is 0.384. The number of aromatic nitrogens is 2. The van der Waals surface area contributed by atoms with Gasteiger partial charge in [0.25, 0.3) is 0 Å². The van der Waals surface area contributed by atoms with Gasteiger partial charge < -0.3 is 4.74 Å². The van der Waals surface area contributed by atoms with Crippen molar-refractivity contribution in [2.45, 2.75) is 32.4 Å². The largest absolute Gasteiger partial charge is 0.360 e. The predicted octanol–water partition coefficient (Wildman–Crippen LogP) is 5.42. The fourth-order valence-corrected chi connectivity index (χ4v) is 3.50. The van der Waals surface area contributed by atoms with E-state index >= 15 is 0 Å². The van der Waals surface area contributed by atoms with Gasteiger partial charge in [-0.05, 0) is 28.0 Å². The third kappa shape index (κ3) is 3.77. The maximum absolute atomic E-state index is 6.10. The molecule has 0 saturated heterocycles. The molecule has 0 spiro atoms. The van der Waals surface area contributed by atoms with E-state index in [2.05, 4.69) is 40.7 Å². The van der Waals surface area contributed by atoms with Gasteiger partial charge in [-0.2, -0.15) is 5.10 Å². The monoisotopic (exact) mass is 394 g/mol. The van der Waals surface area contributed by atoms with Gasteiger partial charge in [0.1, 0.15) is 6.73 Å². The van der Waals surface area contributed by atoms with Gasteiger partial charge in [-0.3, -0.25) is 0 Å². The number of nitrogens with zero attached hydrogens (tertiary/aromatic N) is 2. The standard InChI is InChI=1S/C13H17BrCl2N2OSi/c1-20(2,3)5-4-19-8-18-11-6-10(15)13(16)12(14)9(11)7-17-18/h6-7H,4-5,8H2,1-3H3. The van der Waals surface area contributed by atoms with E-state index in [1.54, 1.807) is 10.9 Å². The molecular weight excluding hydrogens is 379 g/mol. The van der Waals surface area contributed by atoms with Gasteiger partial charge in [0.2, 0.25) is 0 Å². The molecule has 0 aliphatic rings. The van der Waals surface area contributed by atoms with Crippen LogP contribution in [0.3, 0.4) is 0 Å². The average Bonchev–Trinajstić information content (AvgIpc) is 2.74. The SMILES string of the molecule is C[Si](C)(C)CCOCn1ncc2c(Br)c(Cl)c(Cl)cc21. The Morgan fingerprint density at radius 1 is 1.35 bits per heavy atom. The molecule has 0 radical (unpaired) electrons. The summed E-state index contributed by atoms with van der Waals surface area (Å²) in [5.74, 6) is 0. The zero-order valence-electron chi connectivity index (χ0n) is 11.7. The summed E-state index contributed by atoms with van der Waals surface area (Å²) < 4.78 is 8.29. The molecule has 0 saturated carbocycles. The van der Waals surface area contributed by atoms with Crippen LogP contribution >= 0.6 is 39.1 Å². The van der Waals surface area contributed by atoms with Crippen LogP contribution in [-0.4, -0.2) is 24.5 Å². The minimum Gasteiger partial charge on any atom is -0.360 e. The molecule has 1 aromatic heterocycles. The number of hydrogen-bond acceptors (Lipinski definition) is 2. The molecule has 2 rings (SSSR count). The average molecular weight is 396 g/mol. The van der Waals surface area contributed by atoms with E-state index < -0.39 is 8.07 Å². The molecule has 1 aromatic carbocycles. The van der Waals surface area contributed by atoms with Gasteiger partial charge >= 0.3 is 0 Å².